The second-order valence-electron chi connectivity index (χ2n) is 7.87. The summed E-state index contributed by atoms with van der Waals surface area (Å²) in [6.07, 6.45) is 6.33. The lowest BCUT2D eigenvalue weighted by atomic mass is 10.1. The van der Waals surface area contributed by atoms with Gasteiger partial charge in [0, 0.05) is 45.1 Å². The molecule has 1 atom stereocenters. The summed E-state index contributed by atoms with van der Waals surface area (Å²) < 4.78 is 5.90. The van der Waals surface area contributed by atoms with Crippen LogP contribution in [0.5, 0.6) is 0 Å². The first-order valence-corrected chi connectivity index (χ1v) is 10.6. The summed E-state index contributed by atoms with van der Waals surface area (Å²) in [5.41, 5.74) is 1.21. The third-order valence-electron chi connectivity index (χ3n) is 5.62. The Balaban J connectivity index is 0.00000300. The Morgan fingerprint density at radius 2 is 1.97 bits per heavy atom. The lowest BCUT2D eigenvalue weighted by molar-refractivity contribution is -0.121. The van der Waals surface area contributed by atoms with Crippen LogP contribution in [-0.2, 0) is 16.1 Å². The van der Waals surface area contributed by atoms with Crippen LogP contribution in [0.4, 0.5) is 0 Å². The molecule has 0 aromatic heterocycles. The van der Waals surface area contributed by atoms with Crippen LogP contribution in [0, 0.1) is 5.92 Å². The van der Waals surface area contributed by atoms with Crippen LogP contribution < -0.4 is 10.6 Å². The molecule has 1 unspecified atom stereocenters. The Kier molecular flexibility index (Phi) is 10.8. The molecule has 1 aromatic rings. The van der Waals surface area contributed by atoms with Gasteiger partial charge in [-0.15, -0.1) is 24.0 Å². The van der Waals surface area contributed by atoms with Crippen molar-refractivity contribution in [1.82, 2.24) is 15.5 Å². The standard InChI is InChI=1S/C22H34N4O2.HI/c1-23-22(24-13-11-21(27)25-20-9-5-6-10-20)26-14-12-19(15-26)17-28-16-18-7-3-2-4-8-18;/h2-4,7-8,19-20H,5-6,9-17H2,1H3,(H,23,24)(H,25,27);1H. The number of rotatable bonds is 8. The highest BCUT2D eigenvalue weighted by Crippen LogP contribution is 2.18. The van der Waals surface area contributed by atoms with Crippen LogP contribution >= 0.6 is 24.0 Å². The molecular weight excluding hydrogens is 479 g/mol. The third kappa shape index (κ3) is 8.12. The fraction of sp³-hybridized carbons (Fsp3) is 0.636. The minimum absolute atomic E-state index is 0. The number of carbonyl (C=O) groups is 1. The molecule has 0 bridgehead atoms. The van der Waals surface area contributed by atoms with Crippen LogP contribution in [0.25, 0.3) is 0 Å². The van der Waals surface area contributed by atoms with Crippen LogP contribution in [-0.4, -0.2) is 56.1 Å². The first-order chi connectivity index (χ1) is 13.7. The van der Waals surface area contributed by atoms with Crippen molar-refractivity contribution in [3.63, 3.8) is 0 Å². The lowest BCUT2D eigenvalue weighted by Crippen LogP contribution is -2.42. The van der Waals surface area contributed by atoms with E-state index in [2.05, 4.69) is 32.7 Å². The molecule has 29 heavy (non-hydrogen) atoms. The highest BCUT2D eigenvalue weighted by atomic mass is 127. The van der Waals surface area contributed by atoms with E-state index in [4.69, 9.17) is 4.74 Å². The largest absolute Gasteiger partial charge is 0.376 e. The quantitative estimate of drug-likeness (QED) is 0.318. The average Bonchev–Trinajstić information content (AvgIpc) is 3.38. The topological polar surface area (TPSA) is 66.0 Å². The number of amides is 1. The van der Waals surface area contributed by atoms with Gasteiger partial charge < -0.3 is 20.3 Å². The maximum Gasteiger partial charge on any atom is 0.221 e. The van der Waals surface area contributed by atoms with Gasteiger partial charge in [-0.05, 0) is 24.8 Å². The number of ether oxygens (including phenoxy) is 1. The van der Waals surface area contributed by atoms with Gasteiger partial charge in [0.05, 0.1) is 13.2 Å². The van der Waals surface area contributed by atoms with Gasteiger partial charge in [-0.25, -0.2) is 0 Å². The van der Waals surface area contributed by atoms with Gasteiger partial charge in [0.1, 0.15) is 0 Å². The Morgan fingerprint density at radius 3 is 2.69 bits per heavy atom. The maximum atomic E-state index is 12.1. The van der Waals surface area contributed by atoms with E-state index in [1.807, 2.05) is 18.2 Å². The third-order valence-corrected chi connectivity index (χ3v) is 5.62. The zero-order valence-corrected chi connectivity index (χ0v) is 19.8. The molecule has 2 fully saturated rings. The minimum atomic E-state index is 0. The van der Waals surface area contributed by atoms with Crippen molar-refractivity contribution in [2.24, 2.45) is 10.9 Å². The number of halogens is 1. The minimum Gasteiger partial charge on any atom is -0.376 e. The molecule has 2 aliphatic rings. The molecule has 1 aliphatic heterocycles. The number of carbonyl (C=O) groups excluding carboxylic acids is 1. The summed E-state index contributed by atoms with van der Waals surface area (Å²) >= 11 is 0. The second-order valence-corrected chi connectivity index (χ2v) is 7.87. The highest BCUT2D eigenvalue weighted by Gasteiger charge is 2.25. The van der Waals surface area contributed by atoms with E-state index in [1.165, 1.54) is 18.4 Å². The second kappa shape index (κ2) is 13.1. The summed E-state index contributed by atoms with van der Waals surface area (Å²) in [7, 11) is 1.81. The van der Waals surface area contributed by atoms with E-state index in [0.29, 0.717) is 31.5 Å². The molecule has 1 saturated carbocycles. The Morgan fingerprint density at radius 1 is 1.21 bits per heavy atom. The molecule has 0 spiro atoms. The first-order valence-electron chi connectivity index (χ1n) is 10.6. The van der Waals surface area contributed by atoms with Crippen LogP contribution in [0.1, 0.15) is 44.1 Å². The fourth-order valence-corrected chi connectivity index (χ4v) is 4.07. The van der Waals surface area contributed by atoms with Gasteiger partial charge >= 0.3 is 0 Å². The molecule has 1 aromatic carbocycles. The summed E-state index contributed by atoms with van der Waals surface area (Å²) in [6.45, 7) is 3.99. The van der Waals surface area contributed by atoms with Crippen molar-refractivity contribution in [2.45, 2.75) is 51.2 Å². The zero-order valence-electron chi connectivity index (χ0n) is 17.4. The molecule has 7 heteroatoms. The molecule has 6 nitrogen and oxygen atoms in total. The van der Waals surface area contributed by atoms with Crippen molar-refractivity contribution < 1.29 is 9.53 Å². The Bertz CT molecular complexity index is 635. The van der Waals surface area contributed by atoms with Gasteiger partial charge in [0.2, 0.25) is 5.91 Å². The molecular formula is C22H35IN4O2. The number of aliphatic imine (C=N–C) groups is 1. The molecule has 1 saturated heterocycles. The summed E-state index contributed by atoms with van der Waals surface area (Å²) in [6, 6.07) is 10.7. The van der Waals surface area contributed by atoms with Crippen molar-refractivity contribution in [3.8, 4) is 0 Å². The van der Waals surface area contributed by atoms with Crippen molar-refractivity contribution in [2.75, 3.05) is 33.3 Å². The van der Waals surface area contributed by atoms with Crippen molar-refractivity contribution in [1.29, 1.82) is 0 Å². The van der Waals surface area contributed by atoms with Gasteiger partial charge in [0.15, 0.2) is 5.96 Å². The molecule has 1 heterocycles. The summed E-state index contributed by atoms with van der Waals surface area (Å²) in [5.74, 6) is 1.55. The van der Waals surface area contributed by atoms with E-state index in [9.17, 15) is 4.79 Å². The van der Waals surface area contributed by atoms with E-state index in [-0.39, 0.29) is 29.9 Å². The van der Waals surface area contributed by atoms with Crippen LogP contribution in [0.15, 0.2) is 35.3 Å². The Hall–Kier alpha value is -1.35. The normalized spacial score (nSPS) is 19.8. The molecule has 2 N–H and O–H groups in total. The average molecular weight is 514 g/mol. The SMILES string of the molecule is CN=C(NCCC(=O)NC1CCCC1)N1CCC(COCc2ccccc2)C1.I. The smallest absolute Gasteiger partial charge is 0.221 e. The predicted octanol–water partition coefficient (Wildman–Crippen LogP) is 3.17. The summed E-state index contributed by atoms with van der Waals surface area (Å²) in [4.78, 5) is 18.7. The molecule has 0 radical (unpaired) electrons. The zero-order chi connectivity index (χ0) is 19.6. The number of hydrogen-bond acceptors (Lipinski definition) is 3. The van der Waals surface area contributed by atoms with Crippen molar-refractivity contribution >= 4 is 35.8 Å². The summed E-state index contributed by atoms with van der Waals surface area (Å²) in [5, 5.41) is 6.48. The molecule has 1 aliphatic carbocycles. The molecule has 162 valence electrons. The van der Waals surface area contributed by atoms with Gasteiger partial charge in [-0.2, -0.15) is 0 Å². The fourth-order valence-electron chi connectivity index (χ4n) is 4.07. The Labute approximate surface area is 191 Å². The monoisotopic (exact) mass is 514 g/mol. The highest BCUT2D eigenvalue weighted by molar-refractivity contribution is 14.0. The van der Waals surface area contributed by atoms with E-state index >= 15 is 0 Å². The van der Waals surface area contributed by atoms with Crippen LogP contribution in [0.2, 0.25) is 0 Å². The number of hydrogen-bond donors (Lipinski definition) is 2. The molecule has 1 amide bonds. The molecule has 3 rings (SSSR count). The lowest BCUT2D eigenvalue weighted by Gasteiger charge is -2.22. The van der Waals surface area contributed by atoms with Gasteiger partial charge in [0.25, 0.3) is 0 Å². The predicted molar refractivity (Wildman–Crippen MR) is 128 cm³/mol. The van der Waals surface area contributed by atoms with E-state index < -0.39 is 0 Å². The number of benzene rings is 1. The maximum absolute atomic E-state index is 12.1. The van der Waals surface area contributed by atoms with Crippen LogP contribution in [0.3, 0.4) is 0 Å². The van der Waals surface area contributed by atoms with E-state index in [1.54, 1.807) is 7.05 Å². The van der Waals surface area contributed by atoms with E-state index in [0.717, 1.165) is 44.9 Å². The van der Waals surface area contributed by atoms with Gasteiger partial charge in [-0.3, -0.25) is 9.79 Å². The number of nitrogens with zero attached hydrogens (tertiary/aromatic N) is 2. The number of likely N-dealkylation sites (tertiary alicyclic amines) is 1. The van der Waals surface area contributed by atoms with Gasteiger partial charge in [-0.1, -0.05) is 43.2 Å². The number of guanidine groups is 1. The number of nitrogens with one attached hydrogen (secondary N) is 2. The van der Waals surface area contributed by atoms with Crippen molar-refractivity contribution in [3.05, 3.63) is 35.9 Å². The first kappa shape index (κ1) is 23.9.